The summed E-state index contributed by atoms with van der Waals surface area (Å²) in [5.41, 5.74) is 0.817. The molecule has 0 aliphatic carbocycles. The van der Waals surface area contributed by atoms with Gasteiger partial charge in [0.15, 0.2) is 11.6 Å². The maximum atomic E-state index is 12.3. The maximum Gasteiger partial charge on any atom is 0.247 e. The average Bonchev–Trinajstić information content (AvgIpc) is 3.01. The summed E-state index contributed by atoms with van der Waals surface area (Å²) in [6.07, 6.45) is 7.20. The number of nitrogens with zero attached hydrogens (tertiary/aromatic N) is 4. The predicted octanol–water partition coefficient (Wildman–Crippen LogP) is 1.39. The van der Waals surface area contributed by atoms with Crippen molar-refractivity contribution in [1.82, 2.24) is 9.97 Å². The molecule has 1 amide bonds. The number of aromatic nitrogens is 2. The molecule has 0 saturated carbocycles. The Morgan fingerprint density at radius 3 is 2.65 bits per heavy atom. The monoisotopic (exact) mass is 273 g/mol. The second-order valence-corrected chi connectivity index (χ2v) is 5.78. The minimum atomic E-state index is -0.0439. The molecule has 0 bridgehead atoms. The number of piperidine rings is 1. The molecule has 20 heavy (non-hydrogen) atoms. The molecule has 1 unspecified atom stereocenters. The van der Waals surface area contributed by atoms with Crippen LogP contribution >= 0.6 is 0 Å². The van der Waals surface area contributed by atoms with E-state index in [1.807, 2.05) is 0 Å². The van der Waals surface area contributed by atoms with Crippen LogP contribution in [0.2, 0.25) is 0 Å². The topological polar surface area (TPSA) is 61.4 Å². The van der Waals surface area contributed by atoms with Crippen LogP contribution in [-0.4, -0.2) is 41.6 Å². The highest BCUT2D eigenvalue weighted by atomic mass is 16.2. The van der Waals surface area contributed by atoms with Crippen molar-refractivity contribution in [2.24, 2.45) is 0 Å². The van der Waals surface area contributed by atoms with Gasteiger partial charge in [-0.05, 0) is 32.1 Å². The summed E-state index contributed by atoms with van der Waals surface area (Å²) in [5.74, 6) is 1.91. The van der Waals surface area contributed by atoms with E-state index in [0.29, 0.717) is 0 Å². The fraction of sp³-hybridized carbons (Fsp3) is 0.643. The van der Waals surface area contributed by atoms with E-state index >= 15 is 0 Å². The molecule has 0 spiro atoms. The lowest BCUT2D eigenvalue weighted by Gasteiger charge is -2.40. The SMILES string of the molecule is O=C1Nc2c(N3CCCC3)ncnc2N2CCCCC12. The van der Waals surface area contributed by atoms with Gasteiger partial charge in [-0.3, -0.25) is 4.79 Å². The molecule has 0 radical (unpaired) electrons. The summed E-state index contributed by atoms with van der Waals surface area (Å²) in [6.45, 7) is 2.95. The summed E-state index contributed by atoms with van der Waals surface area (Å²) < 4.78 is 0. The van der Waals surface area contributed by atoms with Crippen LogP contribution in [0, 0.1) is 0 Å². The van der Waals surface area contributed by atoms with Crippen LogP contribution in [0.1, 0.15) is 32.1 Å². The summed E-state index contributed by atoms with van der Waals surface area (Å²) >= 11 is 0. The van der Waals surface area contributed by atoms with E-state index in [2.05, 4.69) is 25.1 Å². The third-order valence-electron chi connectivity index (χ3n) is 4.54. The summed E-state index contributed by atoms with van der Waals surface area (Å²) in [5, 5.41) is 3.06. The first kappa shape index (κ1) is 11.9. The van der Waals surface area contributed by atoms with Gasteiger partial charge in [0, 0.05) is 19.6 Å². The number of hydrogen-bond donors (Lipinski definition) is 1. The lowest BCUT2D eigenvalue weighted by Crippen LogP contribution is -2.51. The van der Waals surface area contributed by atoms with Crippen molar-refractivity contribution in [2.45, 2.75) is 38.1 Å². The van der Waals surface area contributed by atoms with E-state index in [1.165, 1.54) is 12.8 Å². The van der Waals surface area contributed by atoms with E-state index in [1.54, 1.807) is 6.33 Å². The van der Waals surface area contributed by atoms with Crippen LogP contribution in [0.4, 0.5) is 17.3 Å². The third kappa shape index (κ3) is 1.74. The molecule has 3 aliphatic heterocycles. The number of hydrogen-bond acceptors (Lipinski definition) is 5. The van der Waals surface area contributed by atoms with Gasteiger partial charge in [-0.15, -0.1) is 0 Å². The Kier molecular flexibility index (Phi) is 2.75. The Balaban J connectivity index is 1.77. The highest BCUT2D eigenvalue weighted by molar-refractivity contribution is 6.05. The minimum Gasteiger partial charge on any atom is -0.355 e. The zero-order chi connectivity index (χ0) is 13.5. The van der Waals surface area contributed by atoms with Crippen LogP contribution in [0.15, 0.2) is 6.33 Å². The second kappa shape index (κ2) is 4.61. The quantitative estimate of drug-likeness (QED) is 0.838. The number of nitrogens with one attached hydrogen (secondary N) is 1. The Morgan fingerprint density at radius 1 is 1.05 bits per heavy atom. The first-order valence-corrected chi connectivity index (χ1v) is 7.52. The Hall–Kier alpha value is -1.85. The van der Waals surface area contributed by atoms with Gasteiger partial charge in [-0.1, -0.05) is 0 Å². The normalized spacial score (nSPS) is 25.2. The van der Waals surface area contributed by atoms with Gasteiger partial charge in [0.25, 0.3) is 0 Å². The molecular weight excluding hydrogens is 254 g/mol. The van der Waals surface area contributed by atoms with Crippen LogP contribution in [0.3, 0.4) is 0 Å². The van der Waals surface area contributed by atoms with Crippen LogP contribution in [0.5, 0.6) is 0 Å². The van der Waals surface area contributed by atoms with E-state index in [-0.39, 0.29) is 11.9 Å². The summed E-state index contributed by atoms with van der Waals surface area (Å²) in [6, 6.07) is -0.0439. The van der Waals surface area contributed by atoms with Gasteiger partial charge in [0.2, 0.25) is 5.91 Å². The molecule has 1 atom stereocenters. The van der Waals surface area contributed by atoms with Crippen LogP contribution < -0.4 is 15.1 Å². The number of fused-ring (bicyclic) bond motifs is 3. The molecule has 1 aromatic rings. The lowest BCUT2D eigenvalue weighted by atomic mass is 9.99. The van der Waals surface area contributed by atoms with Crippen molar-refractivity contribution in [3.8, 4) is 0 Å². The molecular formula is C14H19N5O. The molecule has 2 saturated heterocycles. The average molecular weight is 273 g/mol. The molecule has 6 nitrogen and oxygen atoms in total. The van der Waals surface area contributed by atoms with Gasteiger partial charge >= 0.3 is 0 Å². The van der Waals surface area contributed by atoms with Crippen molar-refractivity contribution in [3.05, 3.63) is 6.33 Å². The Morgan fingerprint density at radius 2 is 1.80 bits per heavy atom. The molecule has 2 fully saturated rings. The number of anilines is 3. The van der Waals surface area contributed by atoms with E-state index in [0.717, 1.165) is 56.2 Å². The van der Waals surface area contributed by atoms with Crippen molar-refractivity contribution in [1.29, 1.82) is 0 Å². The number of rotatable bonds is 1. The molecule has 0 aromatic carbocycles. The van der Waals surface area contributed by atoms with E-state index in [4.69, 9.17) is 0 Å². The van der Waals surface area contributed by atoms with Gasteiger partial charge in [0.05, 0.1) is 0 Å². The zero-order valence-electron chi connectivity index (χ0n) is 11.5. The lowest BCUT2D eigenvalue weighted by molar-refractivity contribution is -0.118. The molecule has 1 N–H and O–H groups in total. The Labute approximate surface area is 118 Å². The molecule has 6 heteroatoms. The van der Waals surface area contributed by atoms with Crippen molar-refractivity contribution in [2.75, 3.05) is 34.8 Å². The summed E-state index contributed by atoms with van der Waals surface area (Å²) in [7, 11) is 0. The van der Waals surface area contributed by atoms with E-state index in [9.17, 15) is 4.79 Å². The fourth-order valence-corrected chi connectivity index (χ4v) is 3.53. The van der Waals surface area contributed by atoms with Crippen molar-refractivity contribution in [3.63, 3.8) is 0 Å². The second-order valence-electron chi connectivity index (χ2n) is 5.78. The number of carbonyl (C=O) groups is 1. The molecule has 1 aromatic heterocycles. The maximum absolute atomic E-state index is 12.3. The van der Waals surface area contributed by atoms with Crippen LogP contribution in [-0.2, 0) is 4.79 Å². The molecule has 4 heterocycles. The zero-order valence-corrected chi connectivity index (χ0v) is 11.5. The fourth-order valence-electron chi connectivity index (χ4n) is 3.53. The first-order chi connectivity index (χ1) is 9.84. The predicted molar refractivity (Wildman–Crippen MR) is 77.1 cm³/mol. The minimum absolute atomic E-state index is 0.0439. The number of amides is 1. The summed E-state index contributed by atoms with van der Waals surface area (Å²) in [4.78, 5) is 25.6. The highest BCUT2D eigenvalue weighted by Crippen LogP contribution is 2.39. The standard InChI is InChI=1S/C14H19N5O/c20-14-10-5-1-2-8-19(10)13-11(17-14)12(15-9-16-13)18-6-3-4-7-18/h9-10H,1-8H2,(H,17,20). The third-order valence-corrected chi connectivity index (χ3v) is 4.54. The van der Waals surface area contributed by atoms with Crippen molar-refractivity contribution < 1.29 is 4.79 Å². The molecule has 4 rings (SSSR count). The van der Waals surface area contributed by atoms with Crippen LogP contribution in [0.25, 0.3) is 0 Å². The number of carbonyl (C=O) groups excluding carboxylic acids is 1. The smallest absolute Gasteiger partial charge is 0.247 e. The van der Waals surface area contributed by atoms with Gasteiger partial charge < -0.3 is 15.1 Å². The molecule has 106 valence electrons. The first-order valence-electron chi connectivity index (χ1n) is 7.52. The van der Waals surface area contributed by atoms with E-state index < -0.39 is 0 Å². The van der Waals surface area contributed by atoms with Crippen molar-refractivity contribution >= 4 is 23.2 Å². The van der Waals surface area contributed by atoms with Gasteiger partial charge in [0.1, 0.15) is 18.1 Å². The van der Waals surface area contributed by atoms with Gasteiger partial charge in [-0.2, -0.15) is 0 Å². The van der Waals surface area contributed by atoms with Gasteiger partial charge in [-0.25, -0.2) is 9.97 Å². The Bertz CT molecular complexity index is 540. The largest absolute Gasteiger partial charge is 0.355 e. The molecule has 3 aliphatic rings. The highest BCUT2D eigenvalue weighted by Gasteiger charge is 2.37.